The molecule has 0 fully saturated rings. The summed E-state index contributed by atoms with van der Waals surface area (Å²) in [6, 6.07) is 4.46. The van der Waals surface area contributed by atoms with Gasteiger partial charge in [0.1, 0.15) is 11.6 Å². The van der Waals surface area contributed by atoms with Gasteiger partial charge in [-0.15, -0.1) is 10.2 Å². The van der Waals surface area contributed by atoms with E-state index in [1.54, 1.807) is 13.0 Å². The Hall–Kier alpha value is -2.35. The molecule has 1 aromatic carbocycles. The first-order valence-electron chi connectivity index (χ1n) is 7.41. The van der Waals surface area contributed by atoms with Gasteiger partial charge < -0.3 is 15.5 Å². The third-order valence-corrected chi connectivity index (χ3v) is 3.41. The first-order chi connectivity index (χ1) is 11.2. The summed E-state index contributed by atoms with van der Waals surface area (Å²) >= 11 is 0. The normalized spacial score (nSPS) is 12.9. The molecule has 3 N–H and O–H groups in total. The lowest BCUT2D eigenvalue weighted by molar-refractivity contribution is -0.137. The molecule has 0 bridgehead atoms. The highest BCUT2D eigenvalue weighted by atomic mass is 19.4. The Labute approximate surface area is 137 Å². The number of hydrogen-bond donors (Lipinski definition) is 3. The number of anilines is 1. The smallest absolute Gasteiger partial charge is 0.416 e. The van der Waals surface area contributed by atoms with Crippen LogP contribution in [-0.2, 0) is 12.6 Å². The number of alkyl halides is 3. The maximum absolute atomic E-state index is 12.7. The van der Waals surface area contributed by atoms with Gasteiger partial charge in [0.05, 0.1) is 17.4 Å². The molecule has 1 aromatic heterocycles. The Morgan fingerprint density at radius 1 is 1.21 bits per heavy atom. The Balaban J connectivity index is 2.38. The Kier molecular flexibility index (Phi) is 5.28. The lowest BCUT2D eigenvalue weighted by Crippen LogP contribution is -2.16. The van der Waals surface area contributed by atoms with Gasteiger partial charge in [0.2, 0.25) is 0 Å². The van der Waals surface area contributed by atoms with Crippen molar-refractivity contribution >= 4 is 5.82 Å². The second-order valence-corrected chi connectivity index (χ2v) is 5.42. The van der Waals surface area contributed by atoms with E-state index < -0.39 is 23.6 Å². The van der Waals surface area contributed by atoms with Crippen LogP contribution >= 0.6 is 0 Å². The second-order valence-electron chi connectivity index (χ2n) is 5.42. The van der Waals surface area contributed by atoms with Crippen LogP contribution in [0.5, 0.6) is 5.75 Å². The number of nitrogens with one attached hydrogen (secondary N) is 1. The molecule has 0 aliphatic heterocycles. The van der Waals surface area contributed by atoms with Crippen molar-refractivity contribution in [3.8, 4) is 17.0 Å². The Bertz CT molecular complexity index is 718. The van der Waals surface area contributed by atoms with E-state index in [2.05, 4.69) is 15.5 Å². The van der Waals surface area contributed by atoms with Gasteiger partial charge >= 0.3 is 6.18 Å². The van der Waals surface area contributed by atoms with Crippen LogP contribution in [0.15, 0.2) is 24.3 Å². The molecule has 0 saturated carbocycles. The molecule has 1 atom stereocenters. The van der Waals surface area contributed by atoms with Crippen molar-refractivity contribution in [1.82, 2.24) is 10.2 Å². The van der Waals surface area contributed by atoms with Crippen LogP contribution in [0.3, 0.4) is 0 Å². The van der Waals surface area contributed by atoms with Crippen LogP contribution in [0.2, 0.25) is 0 Å². The van der Waals surface area contributed by atoms with Crippen molar-refractivity contribution in [2.45, 2.75) is 32.5 Å². The van der Waals surface area contributed by atoms with Gasteiger partial charge in [0, 0.05) is 12.1 Å². The molecule has 0 aliphatic rings. The fourth-order valence-electron chi connectivity index (χ4n) is 2.17. The molecule has 0 radical (unpaired) electrons. The summed E-state index contributed by atoms with van der Waals surface area (Å²) in [5.74, 6) is -0.0542. The third-order valence-electron chi connectivity index (χ3n) is 3.41. The fourth-order valence-corrected chi connectivity index (χ4v) is 2.17. The van der Waals surface area contributed by atoms with E-state index in [1.165, 1.54) is 6.07 Å². The van der Waals surface area contributed by atoms with E-state index in [0.717, 1.165) is 6.07 Å². The summed E-state index contributed by atoms with van der Waals surface area (Å²) < 4.78 is 38.0. The Morgan fingerprint density at radius 3 is 2.46 bits per heavy atom. The van der Waals surface area contributed by atoms with E-state index in [-0.39, 0.29) is 5.56 Å². The van der Waals surface area contributed by atoms with Gasteiger partial charge in [-0.1, -0.05) is 6.92 Å². The van der Waals surface area contributed by atoms with Gasteiger partial charge in [-0.05, 0) is 43.2 Å². The molecule has 0 unspecified atom stereocenters. The van der Waals surface area contributed by atoms with Crippen molar-refractivity contribution in [2.24, 2.45) is 0 Å². The largest absolute Gasteiger partial charge is 0.507 e. The number of aryl methyl sites for hydroxylation is 1. The zero-order chi connectivity index (χ0) is 17.9. The molecule has 1 heterocycles. The number of rotatable bonds is 5. The zero-order valence-corrected chi connectivity index (χ0v) is 13.2. The standard InChI is InChI=1S/C16H18F3N3O2/c1-3-10-6-14(20-8-9(2)23)21-22-15(10)12-5-4-11(7-13(12)24)16(17,18)19/h4-7,9,23-24H,3,8H2,1-2H3,(H,20,21)/t9-/m1/s1. The minimum atomic E-state index is -4.52. The molecule has 8 heteroatoms. The number of aliphatic hydroxyl groups is 1. The number of halogens is 3. The van der Waals surface area contributed by atoms with Gasteiger partial charge in [0.25, 0.3) is 0 Å². The summed E-state index contributed by atoms with van der Waals surface area (Å²) in [4.78, 5) is 0. The third kappa shape index (κ3) is 4.14. The Morgan fingerprint density at radius 2 is 1.92 bits per heavy atom. The topological polar surface area (TPSA) is 78.3 Å². The molecule has 2 rings (SSSR count). The minimum Gasteiger partial charge on any atom is -0.507 e. The van der Waals surface area contributed by atoms with Crippen LogP contribution < -0.4 is 5.32 Å². The van der Waals surface area contributed by atoms with E-state index in [9.17, 15) is 23.4 Å². The number of hydrogen-bond acceptors (Lipinski definition) is 5. The number of phenols is 1. The molecule has 2 aromatic rings. The predicted octanol–water partition coefficient (Wildman–Crippen LogP) is 3.22. The summed E-state index contributed by atoms with van der Waals surface area (Å²) in [6.07, 6.45) is -4.53. The highest BCUT2D eigenvalue weighted by molar-refractivity contribution is 5.70. The number of aliphatic hydroxyl groups excluding tert-OH is 1. The highest BCUT2D eigenvalue weighted by Crippen LogP contribution is 2.37. The van der Waals surface area contributed by atoms with Crippen molar-refractivity contribution in [3.05, 3.63) is 35.4 Å². The molecule has 0 aliphatic carbocycles. The molecule has 0 amide bonds. The first kappa shape index (κ1) is 18.0. The number of aromatic nitrogens is 2. The number of phenolic OH excluding ortho intramolecular Hbond substituents is 1. The quantitative estimate of drug-likeness (QED) is 0.778. The van der Waals surface area contributed by atoms with E-state index in [0.29, 0.717) is 36.1 Å². The molecule has 0 saturated heterocycles. The average Bonchev–Trinajstić information content (AvgIpc) is 2.52. The van der Waals surface area contributed by atoms with E-state index in [4.69, 9.17) is 0 Å². The fraction of sp³-hybridized carbons (Fsp3) is 0.375. The van der Waals surface area contributed by atoms with Crippen LogP contribution in [0.1, 0.15) is 25.0 Å². The lowest BCUT2D eigenvalue weighted by Gasteiger charge is -2.13. The van der Waals surface area contributed by atoms with Crippen molar-refractivity contribution in [3.63, 3.8) is 0 Å². The molecule has 5 nitrogen and oxygen atoms in total. The summed E-state index contributed by atoms with van der Waals surface area (Å²) in [5, 5.41) is 30.1. The maximum Gasteiger partial charge on any atom is 0.416 e. The van der Waals surface area contributed by atoms with Crippen LogP contribution in [0.4, 0.5) is 19.0 Å². The van der Waals surface area contributed by atoms with Crippen LogP contribution in [0, 0.1) is 0 Å². The molecular weight excluding hydrogens is 323 g/mol. The second kappa shape index (κ2) is 7.04. The number of benzene rings is 1. The maximum atomic E-state index is 12.7. The summed E-state index contributed by atoms with van der Waals surface area (Å²) in [5.41, 5.74) is 0.305. The molecule has 24 heavy (non-hydrogen) atoms. The molecule has 0 spiro atoms. The predicted molar refractivity (Wildman–Crippen MR) is 83.7 cm³/mol. The van der Waals surface area contributed by atoms with Crippen molar-refractivity contribution < 1.29 is 23.4 Å². The van der Waals surface area contributed by atoms with Crippen LogP contribution in [0.25, 0.3) is 11.3 Å². The van der Waals surface area contributed by atoms with E-state index in [1.807, 2.05) is 6.92 Å². The summed E-state index contributed by atoms with van der Waals surface area (Å²) in [6.45, 7) is 3.78. The monoisotopic (exact) mass is 341 g/mol. The number of nitrogens with zero attached hydrogens (tertiary/aromatic N) is 2. The van der Waals surface area contributed by atoms with Gasteiger partial charge in [-0.3, -0.25) is 0 Å². The zero-order valence-electron chi connectivity index (χ0n) is 13.2. The summed E-state index contributed by atoms with van der Waals surface area (Å²) in [7, 11) is 0. The average molecular weight is 341 g/mol. The van der Waals surface area contributed by atoms with Crippen LogP contribution in [-0.4, -0.2) is 33.1 Å². The van der Waals surface area contributed by atoms with Crippen molar-refractivity contribution in [2.75, 3.05) is 11.9 Å². The van der Waals surface area contributed by atoms with E-state index >= 15 is 0 Å². The highest BCUT2D eigenvalue weighted by Gasteiger charge is 2.31. The SMILES string of the molecule is CCc1cc(NC[C@@H](C)O)nnc1-c1ccc(C(F)(F)F)cc1O. The minimum absolute atomic E-state index is 0.189. The van der Waals surface area contributed by atoms with Crippen molar-refractivity contribution in [1.29, 1.82) is 0 Å². The molecule has 130 valence electrons. The van der Waals surface area contributed by atoms with Gasteiger partial charge in [0.15, 0.2) is 0 Å². The lowest BCUT2D eigenvalue weighted by atomic mass is 10.0. The number of aromatic hydroxyl groups is 1. The first-order valence-corrected chi connectivity index (χ1v) is 7.41. The van der Waals surface area contributed by atoms with Gasteiger partial charge in [-0.2, -0.15) is 13.2 Å². The molecular formula is C16H18F3N3O2. The van der Waals surface area contributed by atoms with Gasteiger partial charge in [-0.25, -0.2) is 0 Å².